The highest BCUT2D eigenvalue weighted by molar-refractivity contribution is 5.22. The minimum Gasteiger partial charge on any atom is -0.303 e. The van der Waals surface area contributed by atoms with Crippen molar-refractivity contribution in [1.29, 1.82) is 0 Å². The van der Waals surface area contributed by atoms with Gasteiger partial charge < -0.3 is 4.98 Å². The number of aryl methyl sites for hydroxylation is 2. The average molecular weight is 327 g/mol. The summed E-state index contributed by atoms with van der Waals surface area (Å²) < 4.78 is 39.9. The first-order chi connectivity index (χ1) is 10.7. The van der Waals surface area contributed by atoms with Crippen LogP contribution < -0.4 is 5.56 Å². The van der Waals surface area contributed by atoms with Crippen molar-refractivity contribution in [2.24, 2.45) is 7.05 Å². The van der Waals surface area contributed by atoms with Crippen molar-refractivity contribution in [2.45, 2.75) is 32.6 Å². The monoisotopic (exact) mass is 327 g/mol. The van der Waals surface area contributed by atoms with E-state index < -0.39 is 17.6 Å². The molecule has 1 N–H and O–H groups in total. The Morgan fingerprint density at radius 1 is 1.39 bits per heavy atom. The fraction of sp³-hybridized carbons (Fsp3) is 0.500. The van der Waals surface area contributed by atoms with Crippen molar-refractivity contribution in [3.8, 4) is 0 Å². The number of rotatable bonds is 2. The zero-order chi connectivity index (χ0) is 16.8. The lowest BCUT2D eigenvalue weighted by Crippen LogP contribution is -2.37. The number of nitrogens with one attached hydrogen (secondary N) is 1. The van der Waals surface area contributed by atoms with Crippen molar-refractivity contribution < 1.29 is 13.2 Å². The third kappa shape index (κ3) is 3.14. The van der Waals surface area contributed by atoms with Crippen molar-refractivity contribution in [2.75, 3.05) is 6.54 Å². The number of aromatic nitrogens is 4. The first-order valence-corrected chi connectivity index (χ1v) is 7.15. The molecule has 2 aromatic heterocycles. The summed E-state index contributed by atoms with van der Waals surface area (Å²) in [7, 11) is 1.84. The van der Waals surface area contributed by atoms with Gasteiger partial charge in [0.1, 0.15) is 0 Å². The van der Waals surface area contributed by atoms with Crippen molar-refractivity contribution >= 4 is 0 Å². The first kappa shape index (κ1) is 15.7. The summed E-state index contributed by atoms with van der Waals surface area (Å²) >= 11 is 0. The van der Waals surface area contributed by atoms with Gasteiger partial charge in [0, 0.05) is 33.1 Å². The lowest BCUT2D eigenvalue weighted by Gasteiger charge is -2.27. The number of aromatic amines is 1. The Kier molecular flexibility index (Phi) is 3.75. The lowest BCUT2D eigenvalue weighted by molar-refractivity contribution is -0.145. The summed E-state index contributed by atoms with van der Waals surface area (Å²) in [6.45, 7) is 3.30. The molecule has 6 nitrogen and oxygen atoms in total. The lowest BCUT2D eigenvalue weighted by atomic mass is 10.1. The Morgan fingerprint density at radius 3 is 2.74 bits per heavy atom. The van der Waals surface area contributed by atoms with Crippen LogP contribution in [-0.2, 0) is 32.7 Å². The molecule has 0 radical (unpaired) electrons. The molecule has 9 heteroatoms. The van der Waals surface area contributed by atoms with Crippen LogP contribution in [-0.4, -0.2) is 31.2 Å². The SMILES string of the molecule is Cc1cc(CN2CCc3nc(C(F)(F)F)[nH]c(=O)c3C2)n(C)n1. The second-order valence-electron chi connectivity index (χ2n) is 5.70. The molecule has 0 saturated heterocycles. The van der Waals surface area contributed by atoms with E-state index in [9.17, 15) is 18.0 Å². The van der Waals surface area contributed by atoms with Crippen LogP contribution in [0, 0.1) is 6.92 Å². The van der Waals surface area contributed by atoms with E-state index in [2.05, 4.69) is 10.1 Å². The minimum absolute atomic E-state index is 0.235. The molecule has 2 aromatic rings. The molecule has 0 bridgehead atoms. The van der Waals surface area contributed by atoms with Gasteiger partial charge in [0.25, 0.3) is 5.56 Å². The highest BCUT2D eigenvalue weighted by atomic mass is 19.4. The predicted octanol–water partition coefficient (Wildman–Crippen LogP) is 1.39. The topological polar surface area (TPSA) is 66.8 Å². The fourth-order valence-electron chi connectivity index (χ4n) is 2.79. The Morgan fingerprint density at radius 2 is 2.13 bits per heavy atom. The standard InChI is InChI=1S/C14H16F3N5O/c1-8-5-9(21(2)20-8)6-22-4-3-11-10(7-22)12(23)19-13(18-11)14(15,16)17/h5H,3-4,6-7H2,1-2H3,(H,18,19,23). The van der Waals surface area contributed by atoms with Gasteiger partial charge in [-0.15, -0.1) is 0 Å². The Bertz CT molecular complexity index is 793. The number of H-pyrrole nitrogens is 1. The molecule has 0 aromatic carbocycles. The van der Waals surface area contributed by atoms with Crippen LogP contribution in [0.1, 0.15) is 28.5 Å². The molecular formula is C14H16F3N5O. The second kappa shape index (κ2) is 5.48. The Balaban J connectivity index is 1.84. The molecule has 0 aliphatic carbocycles. The largest absolute Gasteiger partial charge is 0.449 e. The molecule has 0 atom stereocenters. The fourth-order valence-corrected chi connectivity index (χ4v) is 2.79. The van der Waals surface area contributed by atoms with Crippen molar-refractivity contribution in [1.82, 2.24) is 24.6 Å². The molecule has 3 rings (SSSR count). The van der Waals surface area contributed by atoms with Crippen LogP contribution >= 0.6 is 0 Å². The van der Waals surface area contributed by atoms with E-state index in [1.54, 1.807) is 4.68 Å². The summed E-state index contributed by atoms with van der Waals surface area (Å²) in [5.74, 6) is -1.23. The van der Waals surface area contributed by atoms with E-state index in [0.29, 0.717) is 25.1 Å². The number of alkyl halides is 3. The van der Waals surface area contributed by atoms with Gasteiger partial charge in [-0.25, -0.2) is 4.98 Å². The van der Waals surface area contributed by atoms with Crippen LogP contribution in [0.4, 0.5) is 13.2 Å². The number of halogens is 3. The smallest absolute Gasteiger partial charge is 0.303 e. The molecule has 23 heavy (non-hydrogen) atoms. The van der Waals surface area contributed by atoms with Gasteiger partial charge in [-0.3, -0.25) is 14.4 Å². The molecule has 1 aliphatic heterocycles. The molecule has 0 amide bonds. The Labute approximate surface area is 130 Å². The van der Waals surface area contributed by atoms with Gasteiger partial charge in [0.2, 0.25) is 5.82 Å². The molecule has 1 aliphatic rings. The third-order valence-corrected chi connectivity index (χ3v) is 3.90. The predicted molar refractivity (Wildman–Crippen MR) is 75.6 cm³/mol. The molecule has 0 unspecified atom stereocenters. The van der Waals surface area contributed by atoms with Gasteiger partial charge in [-0.05, 0) is 13.0 Å². The zero-order valence-corrected chi connectivity index (χ0v) is 12.7. The molecule has 0 spiro atoms. The van der Waals surface area contributed by atoms with E-state index in [1.165, 1.54) is 0 Å². The van der Waals surface area contributed by atoms with Gasteiger partial charge >= 0.3 is 6.18 Å². The Hall–Kier alpha value is -2.16. The quantitative estimate of drug-likeness (QED) is 0.905. The summed E-state index contributed by atoms with van der Waals surface area (Å²) in [6.07, 6.45) is -4.32. The number of hydrogen-bond acceptors (Lipinski definition) is 4. The van der Waals surface area contributed by atoms with Crippen LogP contribution in [0.15, 0.2) is 10.9 Å². The second-order valence-corrected chi connectivity index (χ2v) is 5.70. The van der Waals surface area contributed by atoms with Crippen molar-refractivity contribution in [3.05, 3.63) is 44.9 Å². The maximum Gasteiger partial charge on any atom is 0.449 e. The van der Waals surface area contributed by atoms with E-state index in [-0.39, 0.29) is 12.2 Å². The van der Waals surface area contributed by atoms with Crippen LogP contribution in [0.2, 0.25) is 0 Å². The maximum atomic E-state index is 12.7. The molecule has 0 saturated carbocycles. The number of hydrogen-bond donors (Lipinski definition) is 1. The van der Waals surface area contributed by atoms with Gasteiger partial charge in [-0.2, -0.15) is 18.3 Å². The highest BCUT2D eigenvalue weighted by Crippen LogP contribution is 2.26. The van der Waals surface area contributed by atoms with E-state index in [0.717, 1.165) is 11.4 Å². The molecular weight excluding hydrogens is 311 g/mol. The normalized spacial score (nSPS) is 15.7. The number of fused-ring (bicyclic) bond motifs is 1. The maximum absolute atomic E-state index is 12.7. The van der Waals surface area contributed by atoms with E-state index >= 15 is 0 Å². The number of nitrogens with zero attached hydrogens (tertiary/aromatic N) is 4. The van der Waals surface area contributed by atoms with Crippen LogP contribution in [0.3, 0.4) is 0 Å². The van der Waals surface area contributed by atoms with Gasteiger partial charge in [0.05, 0.1) is 22.6 Å². The van der Waals surface area contributed by atoms with Crippen molar-refractivity contribution in [3.63, 3.8) is 0 Å². The van der Waals surface area contributed by atoms with Gasteiger partial charge in [-0.1, -0.05) is 0 Å². The van der Waals surface area contributed by atoms with Gasteiger partial charge in [0.15, 0.2) is 0 Å². The summed E-state index contributed by atoms with van der Waals surface area (Å²) in [4.78, 5) is 19.4. The summed E-state index contributed by atoms with van der Waals surface area (Å²) in [6, 6.07) is 1.95. The first-order valence-electron chi connectivity index (χ1n) is 7.15. The molecule has 3 heterocycles. The van der Waals surface area contributed by atoms with E-state index in [4.69, 9.17) is 0 Å². The molecule has 124 valence electrons. The molecule has 0 fully saturated rings. The highest BCUT2D eigenvalue weighted by Gasteiger charge is 2.35. The summed E-state index contributed by atoms with van der Waals surface area (Å²) in [5.41, 5.74) is 1.71. The summed E-state index contributed by atoms with van der Waals surface area (Å²) in [5, 5.41) is 4.26. The van der Waals surface area contributed by atoms with E-state index in [1.807, 2.05) is 29.9 Å². The van der Waals surface area contributed by atoms with Crippen LogP contribution in [0.25, 0.3) is 0 Å². The van der Waals surface area contributed by atoms with Crippen LogP contribution in [0.5, 0.6) is 0 Å². The average Bonchev–Trinajstić information content (AvgIpc) is 2.76. The third-order valence-electron chi connectivity index (χ3n) is 3.90. The minimum atomic E-state index is -4.64. The zero-order valence-electron chi connectivity index (χ0n) is 12.7.